The maximum Gasteiger partial charge on any atom is 0.166 e. The van der Waals surface area contributed by atoms with Gasteiger partial charge in [0, 0.05) is 15.9 Å². The Morgan fingerprint density at radius 3 is 2.25 bits per heavy atom. The van der Waals surface area contributed by atoms with Gasteiger partial charge < -0.3 is 4.57 Å². The molecule has 0 N–H and O–H groups in total. The average Bonchev–Trinajstić information content (AvgIpc) is 2.57. The number of rotatable bonds is 1. The second-order valence-electron chi connectivity index (χ2n) is 3.65. The lowest BCUT2D eigenvalue weighted by Crippen LogP contribution is -2.02. The minimum absolute atomic E-state index is 0.116. The Morgan fingerprint density at radius 2 is 1.69 bits per heavy atom. The Hall–Kier alpha value is -0.800. The third kappa shape index (κ3) is 1.78. The molecule has 1 nitrogen and oxygen atoms in total. The van der Waals surface area contributed by atoms with Crippen molar-refractivity contribution >= 4 is 27.5 Å². The number of halogens is 3. The third-order valence-corrected chi connectivity index (χ3v) is 3.79. The van der Waals surface area contributed by atoms with Crippen LogP contribution in [0, 0.1) is 19.7 Å². The number of nitrogens with zero attached hydrogens (tertiary/aromatic N) is 1. The first kappa shape index (κ1) is 11.7. The van der Waals surface area contributed by atoms with Gasteiger partial charge in [0.2, 0.25) is 0 Å². The summed E-state index contributed by atoms with van der Waals surface area (Å²) in [5.74, 6) is -0.404. The molecule has 0 fully saturated rings. The highest BCUT2D eigenvalue weighted by molar-refractivity contribution is 9.10. The number of hydrogen-bond acceptors (Lipinski definition) is 0. The fourth-order valence-electron chi connectivity index (χ4n) is 1.74. The van der Waals surface area contributed by atoms with Crippen molar-refractivity contribution in [2.45, 2.75) is 13.8 Å². The van der Waals surface area contributed by atoms with Crippen LogP contribution in [-0.2, 0) is 0 Å². The Kier molecular flexibility index (Phi) is 3.08. The molecule has 16 heavy (non-hydrogen) atoms. The van der Waals surface area contributed by atoms with Gasteiger partial charge in [-0.25, -0.2) is 4.39 Å². The lowest BCUT2D eigenvalue weighted by molar-refractivity contribution is 0.615. The number of aryl methyl sites for hydroxylation is 2. The van der Waals surface area contributed by atoms with Crippen molar-refractivity contribution in [2.24, 2.45) is 0 Å². The SMILES string of the molecule is Cc1ccc(C)n1-c1ccc(Br)c(Cl)c1F. The summed E-state index contributed by atoms with van der Waals surface area (Å²) < 4.78 is 16.4. The second-order valence-corrected chi connectivity index (χ2v) is 4.88. The normalized spacial score (nSPS) is 10.8. The molecule has 0 radical (unpaired) electrons. The van der Waals surface area contributed by atoms with Crippen molar-refractivity contribution in [3.05, 3.63) is 51.0 Å². The van der Waals surface area contributed by atoms with Crippen LogP contribution in [0.2, 0.25) is 5.02 Å². The van der Waals surface area contributed by atoms with Gasteiger partial charge in [-0.15, -0.1) is 0 Å². The van der Waals surface area contributed by atoms with Crippen molar-refractivity contribution in [3.8, 4) is 5.69 Å². The summed E-state index contributed by atoms with van der Waals surface area (Å²) in [6, 6.07) is 7.36. The highest BCUT2D eigenvalue weighted by atomic mass is 79.9. The minimum Gasteiger partial charge on any atom is -0.316 e. The molecular weight excluding hydrogens is 292 g/mol. The number of aromatic nitrogens is 1. The molecule has 0 unspecified atom stereocenters. The highest BCUT2D eigenvalue weighted by Gasteiger charge is 2.13. The van der Waals surface area contributed by atoms with Crippen LogP contribution in [0.3, 0.4) is 0 Å². The lowest BCUT2D eigenvalue weighted by atomic mass is 10.3. The van der Waals surface area contributed by atoms with Gasteiger partial charge in [-0.3, -0.25) is 0 Å². The Morgan fingerprint density at radius 1 is 1.12 bits per heavy atom. The van der Waals surface area contributed by atoms with Crippen molar-refractivity contribution in [1.82, 2.24) is 4.57 Å². The summed E-state index contributed by atoms with van der Waals surface area (Å²) in [5.41, 5.74) is 2.44. The van der Waals surface area contributed by atoms with Gasteiger partial charge in [-0.05, 0) is 54.0 Å². The highest BCUT2D eigenvalue weighted by Crippen LogP contribution is 2.30. The molecule has 0 bridgehead atoms. The van der Waals surface area contributed by atoms with Crippen molar-refractivity contribution in [3.63, 3.8) is 0 Å². The molecule has 0 spiro atoms. The molecule has 2 aromatic rings. The van der Waals surface area contributed by atoms with Crippen LogP contribution in [0.5, 0.6) is 0 Å². The van der Waals surface area contributed by atoms with Crippen molar-refractivity contribution in [1.29, 1.82) is 0 Å². The summed E-state index contributed by atoms with van der Waals surface area (Å²) in [6.07, 6.45) is 0. The van der Waals surface area contributed by atoms with E-state index in [-0.39, 0.29) is 5.02 Å². The van der Waals surface area contributed by atoms with E-state index < -0.39 is 5.82 Å². The van der Waals surface area contributed by atoms with E-state index >= 15 is 0 Å². The van der Waals surface area contributed by atoms with Gasteiger partial charge in [0.15, 0.2) is 5.82 Å². The van der Waals surface area contributed by atoms with Crippen LogP contribution in [-0.4, -0.2) is 4.57 Å². The van der Waals surface area contributed by atoms with Crippen LogP contribution < -0.4 is 0 Å². The van der Waals surface area contributed by atoms with Crippen LogP contribution in [0.4, 0.5) is 4.39 Å². The first-order valence-electron chi connectivity index (χ1n) is 4.81. The average molecular weight is 303 g/mol. The monoisotopic (exact) mass is 301 g/mol. The first-order valence-corrected chi connectivity index (χ1v) is 5.98. The van der Waals surface area contributed by atoms with Crippen molar-refractivity contribution < 1.29 is 4.39 Å². The van der Waals surface area contributed by atoms with Crippen LogP contribution >= 0.6 is 27.5 Å². The molecule has 0 amide bonds. The summed E-state index contributed by atoms with van der Waals surface area (Å²) in [4.78, 5) is 0. The fraction of sp³-hybridized carbons (Fsp3) is 0.167. The fourth-order valence-corrected chi connectivity index (χ4v) is 2.20. The predicted molar refractivity (Wildman–Crippen MR) is 67.9 cm³/mol. The van der Waals surface area contributed by atoms with E-state index in [0.717, 1.165) is 11.4 Å². The Bertz CT molecular complexity index is 529. The standard InChI is InChI=1S/C12H10BrClFN/c1-7-3-4-8(2)16(7)10-6-5-9(13)11(14)12(10)15/h3-6H,1-2H3. The summed E-state index contributed by atoms with van der Waals surface area (Å²) in [5, 5.41) is 0.116. The molecule has 0 aliphatic carbocycles. The molecule has 0 aliphatic heterocycles. The van der Waals surface area contributed by atoms with Gasteiger partial charge >= 0.3 is 0 Å². The molecule has 4 heteroatoms. The second kappa shape index (κ2) is 4.22. The summed E-state index contributed by atoms with van der Waals surface area (Å²) in [7, 11) is 0. The molecule has 1 aromatic heterocycles. The van der Waals surface area contributed by atoms with Gasteiger partial charge in [-0.1, -0.05) is 11.6 Å². The number of benzene rings is 1. The topological polar surface area (TPSA) is 4.93 Å². The first-order chi connectivity index (χ1) is 7.52. The van der Waals surface area contributed by atoms with Crippen LogP contribution in [0.15, 0.2) is 28.7 Å². The smallest absolute Gasteiger partial charge is 0.166 e. The molecule has 0 saturated carbocycles. The molecule has 1 aromatic carbocycles. The van der Waals surface area contributed by atoms with E-state index in [1.165, 1.54) is 0 Å². The predicted octanol–water partition coefficient (Wildman–Crippen LogP) is 4.65. The minimum atomic E-state index is -0.404. The maximum absolute atomic E-state index is 14.0. The molecular formula is C12H10BrClFN. The molecule has 1 heterocycles. The van der Waals surface area contributed by atoms with Crippen LogP contribution in [0.1, 0.15) is 11.4 Å². The summed E-state index contributed by atoms with van der Waals surface area (Å²) in [6.45, 7) is 3.87. The zero-order chi connectivity index (χ0) is 11.9. The number of hydrogen-bond donors (Lipinski definition) is 0. The molecule has 84 valence electrons. The molecule has 0 aliphatic rings. The maximum atomic E-state index is 14.0. The zero-order valence-electron chi connectivity index (χ0n) is 8.89. The van der Waals surface area contributed by atoms with E-state index in [2.05, 4.69) is 15.9 Å². The quantitative estimate of drug-likeness (QED) is 0.676. The molecule has 0 atom stereocenters. The van der Waals surface area contributed by atoms with E-state index in [1.54, 1.807) is 12.1 Å². The van der Waals surface area contributed by atoms with E-state index in [1.807, 2.05) is 30.5 Å². The van der Waals surface area contributed by atoms with Gasteiger partial charge in [0.05, 0.1) is 10.7 Å². The lowest BCUT2D eigenvalue weighted by Gasteiger charge is -2.12. The van der Waals surface area contributed by atoms with Crippen LogP contribution in [0.25, 0.3) is 5.69 Å². The van der Waals surface area contributed by atoms with Gasteiger partial charge in [-0.2, -0.15) is 0 Å². The van der Waals surface area contributed by atoms with E-state index in [4.69, 9.17) is 11.6 Å². The van der Waals surface area contributed by atoms with E-state index in [0.29, 0.717) is 10.2 Å². The van der Waals surface area contributed by atoms with Crippen molar-refractivity contribution in [2.75, 3.05) is 0 Å². The molecule has 0 saturated heterocycles. The van der Waals surface area contributed by atoms with Gasteiger partial charge in [0.25, 0.3) is 0 Å². The summed E-state index contributed by atoms with van der Waals surface area (Å²) >= 11 is 9.07. The Labute approximate surface area is 107 Å². The van der Waals surface area contributed by atoms with E-state index in [9.17, 15) is 4.39 Å². The van der Waals surface area contributed by atoms with Gasteiger partial charge in [0.1, 0.15) is 0 Å². The zero-order valence-corrected chi connectivity index (χ0v) is 11.2. The Balaban J connectivity index is 2.71. The third-order valence-electron chi connectivity index (χ3n) is 2.53. The molecule has 2 rings (SSSR count). The largest absolute Gasteiger partial charge is 0.316 e.